The van der Waals surface area contributed by atoms with E-state index in [1.54, 1.807) is 17.8 Å². The summed E-state index contributed by atoms with van der Waals surface area (Å²) in [4.78, 5) is 15.8. The van der Waals surface area contributed by atoms with Gasteiger partial charge in [-0.1, -0.05) is 0 Å². The van der Waals surface area contributed by atoms with E-state index in [1.807, 2.05) is 0 Å². The van der Waals surface area contributed by atoms with Gasteiger partial charge in [0, 0.05) is 25.0 Å². The van der Waals surface area contributed by atoms with Crippen molar-refractivity contribution >= 4 is 11.5 Å². The molecule has 1 heterocycles. The van der Waals surface area contributed by atoms with Gasteiger partial charge in [0.1, 0.15) is 5.82 Å². The standard InChI is InChI=1S/C11H10FN3O/c1-15-5-4-14-11(15)10(16)7-2-3-9(13)8(12)6-7/h2-6H,13H2,1H3. The van der Waals surface area contributed by atoms with Crippen molar-refractivity contribution in [2.45, 2.75) is 0 Å². The van der Waals surface area contributed by atoms with Crippen molar-refractivity contribution < 1.29 is 9.18 Å². The molecule has 0 aliphatic carbocycles. The number of aryl methyl sites for hydroxylation is 1. The lowest BCUT2D eigenvalue weighted by molar-refractivity contribution is 0.102. The van der Waals surface area contributed by atoms with Crippen LogP contribution in [-0.4, -0.2) is 15.3 Å². The molecule has 0 atom stereocenters. The molecule has 0 saturated carbocycles. The zero-order chi connectivity index (χ0) is 11.7. The van der Waals surface area contributed by atoms with Crippen LogP contribution in [0.2, 0.25) is 0 Å². The number of hydrogen-bond donors (Lipinski definition) is 1. The van der Waals surface area contributed by atoms with Crippen molar-refractivity contribution in [1.82, 2.24) is 9.55 Å². The topological polar surface area (TPSA) is 60.9 Å². The monoisotopic (exact) mass is 219 g/mol. The van der Waals surface area contributed by atoms with Gasteiger partial charge in [-0.25, -0.2) is 9.37 Å². The Balaban J connectivity index is 2.42. The Kier molecular flexibility index (Phi) is 2.44. The Hall–Kier alpha value is -2.17. The number of nitrogen functional groups attached to an aromatic ring is 1. The number of hydrogen-bond acceptors (Lipinski definition) is 3. The molecule has 0 unspecified atom stereocenters. The fourth-order valence-corrected chi connectivity index (χ4v) is 1.38. The van der Waals surface area contributed by atoms with Gasteiger partial charge in [0.15, 0.2) is 5.82 Å². The number of aromatic nitrogens is 2. The number of benzene rings is 1. The van der Waals surface area contributed by atoms with E-state index in [0.29, 0.717) is 0 Å². The van der Waals surface area contributed by atoms with Crippen LogP contribution in [0.4, 0.5) is 10.1 Å². The number of anilines is 1. The second kappa shape index (κ2) is 3.77. The highest BCUT2D eigenvalue weighted by molar-refractivity contribution is 6.06. The van der Waals surface area contributed by atoms with Gasteiger partial charge in [-0.3, -0.25) is 4.79 Å². The van der Waals surface area contributed by atoms with Crippen LogP contribution < -0.4 is 5.73 Å². The molecule has 0 amide bonds. The van der Waals surface area contributed by atoms with Crippen LogP contribution in [0.1, 0.15) is 16.2 Å². The number of carbonyl (C=O) groups is 1. The Morgan fingerprint density at radius 3 is 2.81 bits per heavy atom. The molecule has 5 heteroatoms. The van der Waals surface area contributed by atoms with Gasteiger partial charge in [-0.15, -0.1) is 0 Å². The summed E-state index contributed by atoms with van der Waals surface area (Å²) < 4.78 is 14.8. The molecule has 1 aromatic carbocycles. The van der Waals surface area contributed by atoms with Crippen molar-refractivity contribution in [3.8, 4) is 0 Å². The second-order valence-electron chi connectivity index (χ2n) is 3.43. The van der Waals surface area contributed by atoms with Gasteiger partial charge in [-0.05, 0) is 18.2 Å². The zero-order valence-corrected chi connectivity index (χ0v) is 8.64. The molecule has 4 nitrogen and oxygen atoms in total. The van der Waals surface area contributed by atoms with Crippen molar-refractivity contribution in [2.24, 2.45) is 7.05 Å². The van der Waals surface area contributed by atoms with Crippen molar-refractivity contribution in [2.75, 3.05) is 5.73 Å². The summed E-state index contributed by atoms with van der Waals surface area (Å²) in [5, 5.41) is 0. The van der Waals surface area contributed by atoms with E-state index >= 15 is 0 Å². The van der Waals surface area contributed by atoms with Crippen LogP contribution in [0.3, 0.4) is 0 Å². The van der Waals surface area contributed by atoms with Crippen molar-refractivity contribution in [3.63, 3.8) is 0 Å². The number of nitrogens with zero attached hydrogens (tertiary/aromatic N) is 2. The molecule has 0 saturated heterocycles. The summed E-state index contributed by atoms with van der Waals surface area (Å²) in [6, 6.07) is 3.97. The van der Waals surface area contributed by atoms with Gasteiger partial charge in [-0.2, -0.15) is 0 Å². The van der Waals surface area contributed by atoms with E-state index in [-0.39, 0.29) is 22.9 Å². The molecular weight excluding hydrogens is 209 g/mol. The minimum Gasteiger partial charge on any atom is -0.396 e. The molecule has 0 radical (unpaired) electrons. The summed E-state index contributed by atoms with van der Waals surface area (Å²) in [5.74, 6) is -0.657. The van der Waals surface area contributed by atoms with E-state index in [4.69, 9.17) is 5.73 Å². The van der Waals surface area contributed by atoms with E-state index < -0.39 is 5.82 Å². The maximum atomic E-state index is 13.2. The minimum absolute atomic E-state index is 0.0244. The number of carbonyl (C=O) groups excluding carboxylic acids is 1. The number of ketones is 1. The normalized spacial score (nSPS) is 10.4. The molecule has 0 bridgehead atoms. The van der Waals surface area contributed by atoms with E-state index in [0.717, 1.165) is 6.07 Å². The molecule has 0 aliphatic rings. The van der Waals surface area contributed by atoms with Crippen LogP contribution in [0.25, 0.3) is 0 Å². The smallest absolute Gasteiger partial charge is 0.228 e. The third kappa shape index (κ3) is 1.67. The number of rotatable bonds is 2. The van der Waals surface area contributed by atoms with Gasteiger partial charge < -0.3 is 10.3 Å². The summed E-state index contributed by atoms with van der Waals surface area (Å²) in [6.45, 7) is 0. The van der Waals surface area contributed by atoms with Crippen LogP contribution in [0.5, 0.6) is 0 Å². The third-order valence-electron chi connectivity index (χ3n) is 2.29. The maximum absolute atomic E-state index is 13.2. The van der Waals surface area contributed by atoms with Crippen LogP contribution >= 0.6 is 0 Å². The molecule has 16 heavy (non-hydrogen) atoms. The van der Waals surface area contributed by atoms with Gasteiger partial charge in [0.05, 0.1) is 5.69 Å². The lowest BCUT2D eigenvalue weighted by atomic mass is 10.1. The fraction of sp³-hybridized carbons (Fsp3) is 0.0909. The number of nitrogens with two attached hydrogens (primary N) is 1. The first-order valence-corrected chi connectivity index (χ1v) is 4.66. The largest absolute Gasteiger partial charge is 0.396 e. The number of halogens is 1. The SMILES string of the molecule is Cn1ccnc1C(=O)c1ccc(N)c(F)c1. The van der Waals surface area contributed by atoms with Crippen LogP contribution in [-0.2, 0) is 7.05 Å². The summed E-state index contributed by atoms with van der Waals surface area (Å²) in [5.41, 5.74) is 5.59. The molecule has 0 spiro atoms. The molecule has 82 valence electrons. The van der Waals surface area contributed by atoms with Crippen LogP contribution in [0, 0.1) is 5.82 Å². The summed E-state index contributed by atoms with van der Waals surface area (Å²) in [7, 11) is 1.70. The summed E-state index contributed by atoms with van der Waals surface area (Å²) >= 11 is 0. The molecular formula is C11H10FN3O. The lowest BCUT2D eigenvalue weighted by Gasteiger charge is -2.02. The minimum atomic E-state index is -0.597. The summed E-state index contributed by atoms with van der Waals surface area (Å²) in [6.07, 6.45) is 3.17. The quantitative estimate of drug-likeness (QED) is 0.613. The van der Waals surface area contributed by atoms with Crippen molar-refractivity contribution in [3.05, 3.63) is 47.8 Å². The van der Waals surface area contributed by atoms with Gasteiger partial charge >= 0.3 is 0 Å². The Labute approximate surface area is 91.5 Å². The molecule has 2 aromatic rings. The average molecular weight is 219 g/mol. The molecule has 0 aliphatic heterocycles. The highest BCUT2D eigenvalue weighted by atomic mass is 19.1. The first kappa shape index (κ1) is 10.4. The highest BCUT2D eigenvalue weighted by Crippen LogP contribution is 2.14. The molecule has 2 rings (SSSR count). The molecule has 2 N–H and O–H groups in total. The Morgan fingerprint density at radius 2 is 2.25 bits per heavy atom. The first-order chi connectivity index (χ1) is 7.59. The van der Waals surface area contributed by atoms with E-state index in [1.165, 1.54) is 18.3 Å². The highest BCUT2D eigenvalue weighted by Gasteiger charge is 2.14. The van der Waals surface area contributed by atoms with E-state index in [9.17, 15) is 9.18 Å². The second-order valence-corrected chi connectivity index (χ2v) is 3.43. The maximum Gasteiger partial charge on any atom is 0.228 e. The third-order valence-corrected chi connectivity index (χ3v) is 2.29. The predicted octanol–water partition coefficient (Wildman–Crippen LogP) is 1.37. The first-order valence-electron chi connectivity index (χ1n) is 4.66. The number of imidazole rings is 1. The fourth-order valence-electron chi connectivity index (χ4n) is 1.38. The van der Waals surface area contributed by atoms with Crippen molar-refractivity contribution in [1.29, 1.82) is 0 Å². The molecule has 0 fully saturated rings. The lowest BCUT2D eigenvalue weighted by Crippen LogP contribution is -2.09. The average Bonchev–Trinajstić information content (AvgIpc) is 2.67. The zero-order valence-electron chi connectivity index (χ0n) is 8.64. The predicted molar refractivity (Wildman–Crippen MR) is 57.5 cm³/mol. The Morgan fingerprint density at radius 1 is 1.50 bits per heavy atom. The van der Waals surface area contributed by atoms with Gasteiger partial charge in [0.25, 0.3) is 0 Å². The Bertz CT molecular complexity index is 548. The van der Waals surface area contributed by atoms with E-state index in [2.05, 4.69) is 4.98 Å². The molecule has 1 aromatic heterocycles. The van der Waals surface area contributed by atoms with Gasteiger partial charge in [0.2, 0.25) is 5.78 Å². The van der Waals surface area contributed by atoms with Crippen LogP contribution in [0.15, 0.2) is 30.6 Å².